The molecule has 0 bridgehead atoms. The topological polar surface area (TPSA) is 91.3 Å². The summed E-state index contributed by atoms with van der Waals surface area (Å²) in [6.45, 7) is 0.364. The van der Waals surface area contributed by atoms with Gasteiger partial charge in [0.25, 0.3) is 11.8 Å². The number of carbonyl (C=O) groups excluding carboxylic acids is 2. The molecule has 1 aromatic heterocycles. The molecule has 1 atom stereocenters. The van der Waals surface area contributed by atoms with Crippen molar-refractivity contribution >= 4 is 46.6 Å². The lowest BCUT2D eigenvalue weighted by atomic mass is 10.1. The van der Waals surface area contributed by atoms with Gasteiger partial charge in [0.1, 0.15) is 0 Å². The predicted molar refractivity (Wildman–Crippen MR) is 120 cm³/mol. The summed E-state index contributed by atoms with van der Waals surface area (Å²) in [6.07, 6.45) is -2.11. The fraction of sp³-hybridized carbons (Fsp3) is 0.136. The number of anilines is 2. The van der Waals surface area contributed by atoms with E-state index in [0.717, 1.165) is 4.90 Å². The molecule has 1 heterocycles. The molecule has 2 aromatic carbocycles. The molecular weight excluding hydrogens is 479 g/mol. The smallest absolute Gasteiger partial charge is 0.373 e. The number of halogens is 4. The SMILES string of the molecule is CC(O)(C(=O)Nc1ccc(Sc2ccc(NC(=O)c3cccnc3)cc2)cc1Cl)C(F)(F)F. The minimum absolute atomic E-state index is 0.00618. The van der Waals surface area contributed by atoms with Crippen molar-refractivity contribution in [2.24, 2.45) is 0 Å². The molecule has 33 heavy (non-hydrogen) atoms. The lowest BCUT2D eigenvalue weighted by Gasteiger charge is -2.25. The van der Waals surface area contributed by atoms with Crippen LogP contribution in [0.3, 0.4) is 0 Å². The Labute approximate surface area is 196 Å². The first kappa shape index (κ1) is 24.6. The number of pyridine rings is 1. The highest BCUT2D eigenvalue weighted by Crippen LogP contribution is 2.35. The van der Waals surface area contributed by atoms with Crippen LogP contribution in [-0.2, 0) is 4.79 Å². The fourth-order valence-corrected chi connectivity index (χ4v) is 3.63. The zero-order valence-corrected chi connectivity index (χ0v) is 18.6. The number of carbonyl (C=O) groups is 2. The summed E-state index contributed by atoms with van der Waals surface area (Å²) in [5.74, 6) is -1.93. The summed E-state index contributed by atoms with van der Waals surface area (Å²) in [5.41, 5.74) is -2.61. The molecule has 172 valence electrons. The van der Waals surface area contributed by atoms with Crippen LogP contribution in [0.5, 0.6) is 0 Å². The van der Waals surface area contributed by atoms with E-state index in [4.69, 9.17) is 11.6 Å². The molecule has 3 N–H and O–H groups in total. The summed E-state index contributed by atoms with van der Waals surface area (Å²) < 4.78 is 38.4. The minimum atomic E-state index is -5.14. The Balaban J connectivity index is 1.64. The third-order valence-corrected chi connectivity index (χ3v) is 5.76. The molecule has 0 saturated carbocycles. The van der Waals surface area contributed by atoms with Crippen LogP contribution in [0.25, 0.3) is 0 Å². The largest absolute Gasteiger partial charge is 0.426 e. The van der Waals surface area contributed by atoms with Crippen LogP contribution in [0, 0.1) is 0 Å². The number of nitrogens with one attached hydrogen (secondary N) is 2. The van der Waals surface area contributed by atoms with Gasteiger partial charge in [-0.1, -0.05) is 23.4 Å². The van der Waals surface area contributed by atoms with E-state index in [9.17, 15) is 27.9 Å². The number of amides is 2. The van der Waals surface area contributed by atoms with E-state index < -0.39 is 17.7 Å². The van der Waals surface area contributed by atoms with Crippen molar-refractivity contribution in [3.05, 3.63) is 77.6 Å². The lowest BCUT2D eigenvalue weighted by molar-refractivity contribution is -0.242. The Morgan fingerprint density at radius 2 is 1.70 bits per heavy atom. The first-order valence-corrected chi connectivity index (χ1v) is 10.6. The van der Waals surface area contributed by atoms with Crippen molar-refractivity contribution in [3.63, 3.8) is 0 Å². The third-order valence-electron chi connectivity index (χ3n) is 4.45. The Kier molecular flexibility index (Phi) is 7.31. The molecule has 0 aliphatic heterocycles. The molecule has 1 unspecified atom stereocenters. The second kappa shape index (κ2) is 9.82. The molecule has 0 radical (unpaired) electrons. The number of nitrogens with zero attached hydrogens (tertiary/aromatic N) is 1. The molecule has 6 nitrogen and oxygen atoms in total. The molecule has 3 rings (SSSR count). The number of alkyl halides is 3. The molecule has 0 aliphatic carbocycles. The third kappa shape index (κ3) is 6.04. The first-order chi connectivity index (χ1) is 15.5. The van der Waals surface area contributed by atoms with Gasteiger partial charge in [0.2, 0.25) is 5.60 Å². The lowest BCUT2D eigenvalue weighted by Crippen LogP contribution is -2.52. The van der Waals surface area contributed by atoms with Crippen LogP contribution in [-0.4, -0.2) is 33.7 Å². The quantitative estimate of drug-likeness (QED) is 0.426. The zero-order valence-electron chi connectivity index (χ0n) is 17.0. The molecule has 0 spiro atoms. The van der Waals surface area contributed by atoms with Gasteiger partial charge in [0, 0.05) is 27.9 Å². The zero-order chi connectivity index (χ0) is 24.2. The van der Waals surface area contributed by atoms with E-state index in [-0.39, 0.29) is 16.6 Å². The van der Waals surface area contributed by atoms with Gasteiger partial charge in [-0.2, -0.15) is 13.2 Å². The summed E-state index contributed by atoms with van der Waals surface area (Å²) in [6, 6.07) is 14.7. The standard InChI is InChI=1S/C22H17ClF3N3O3S/c1-21(32,22(24,25)26)20(31)29-18-9-8-16(11-17(18)23)33-15-6-4-14(5-7-15)28-19(30)13-3-2-10-27-12-13/h2-12,32H,1H3,(H,28,30)(H,29,31). The van der Waals surface area contributed by atoms with Gasteiger partial charge < -0.3 is 15.7 Å². The molecule has 3 aromatic rings. The van der Waals surface area contributed by atoms with E-state index in [2.05, 4.69) is 10.3 Å². The predicted octanol–water partition coefficient (Wildman–Crippen LogP) is 5.39. The van der Waals surface area contributed by atoms with Crippen LogP contribution < -0.4 is 10.6 Å². The van der Waals surface area contributed by atoms with Crippen molar-refractivity contribution in [1.82, 2.24) is 4.98 Å². The summed E-state index contributed by atoms with van der Waals surface area (Å²) in [5, 5.41) is 14.2. The second-order valence-corrected chi connectivity index (χ2v) is 8.54. The highest BCUT2D eigenvalue weighted by molar-refractivity contribution is 7.99. The van der Waals surface area contributed by atoms with E-state index in [0.29, 0.717) is 23.1 Å². The van der Waals surface area contributed by atoms with E-state index >= 15 is 0 Å². The van der Waals surface area contributed by atoms with Crippen molar-refractivity contribution in [2.45, 2.75) is 28.5 Å². The van der Waals surface area contributed by atoms with Crippen LogP contribution in [0.4, 0.5) is 24.5 Å². The molecule has 0 aliphatic rings. The van der Waals surface area contributed by atoms with E-state index in [1.165, 1.54) is 30.1 Å². The number of hydrogen-bond acceptors (Lipinski definition) is 5. The number of aromatic nitrogens is 1. The molecule has 0 saturated heterocycles. The monoisotopic (exact) mass is 495 g/mol. The van der Waals surface area contributed by atoms with E-state index in [1.54, 1.807) is 48.7 Å². The van der Waals surface area contributed by atoms with Gasteiger partial charge in [-0.05, 0) is 61.5 Å². The van der Waals surface area contributed by atoms with Crippen molar-refractivity contribution in [1.29, 1.82) is 0 Å². The van der Waals surface area contributed by atoms with E-state index in [1.807, 2.05) is 5.32 Å². The Morgan fingerprint density at radius 1 is 1.03 bits per heavy atom. The van der Waals surface area contributed by atoms with Gasteiger partial charge in [0.15, 0.2) is 0 Å². The number of hydrogen-bond donors (Lipinski definition) is 3. The van der Waals surface area contributed by atoms with Crippen molar-refractivity contribution in [3.8, 4) is 0 Å². The van der Waals surface area contributed by atoms with Crippen LogP contribution in [0.2, 0.25) is 5.02 Å². The number of benzene rings is 2. The maximum atomic E-state index is 12.8. The summed E-state index contributed by atoms with van der Waals surface area (Å²) in [4.78, 5) is 29.4. The van der Waals surface area contributed by atoms with Gasteiger partial charge >= 0.3 is 6.18 Å². The average molecular weight is 496 g/mol. The Bertz CT molecular complexity index is 1160. The summed E-state index contributed by atoms with van der Waals surface area (Å²) in [7, 11) is 0. The average Bonchev–Trinajstić information content (AvgIpc) is 2.76. The second-order valence-electron chi connectivity index (χ2n) is 6.99. The maximum Gasteiger partial charge on any atom is 0.426 e. The molecule has 0 fully saturated rings. The van der Waals surface area contributed by atoms with Gasteiger partial charge in [-0.3, -0.25) is 14.6 Å². The van der Waals surface area contributed by atoms with Crippen molar-refractivity contribution < 1.29 is 27.9 Å². The highest BCUT2D eigenvalue weighted by atomic mass is 35.5. The van der Waals surface area contributed by atoms with Gasteiger partial charge in [0.05, 0.1) is 16.3 Å². The minimum Gasteiger partial charge on any atom is -0.373 e. The molecule has 2 amide bonds. The van der Waals surface area contributed by atoms with Gasteiger partial charge in [-0.15, -0.1) is 0 Å². The molecular formula is C22H17ClF3N3O3S. The van der Waals surface area contributed by atoms with Crippen LogP contribution in [0.1, 0.15) is 17.3 Å². The summed E-state index contributed by atoms with van der Waals surface area (Å²) >= 11 is 7.42. The van der Waals surface area contributed by atoms with Crippen LogP contribution in [0.15, 0.2) is 76.8 Å². The van der Waals surface area contributed by atoms with Crippen molar-refractivity contribution in [2.75, 3.05) is 10.6 Å². The fourth-order valence-electron chi connectivity index (χ4n) is 2.48. The number of aliphatic hydroxyl groups is 1. The normalized spacial score (nSPS) is 13.2. The highest BCUT2D eigenvalue weighted by Gasteiger charge is 2.55. The first-order valence-electron chi connectivity index (χ1n) is 9.37. The molecule has 11 heteroatoms. The maximum absolute atomic E-state index is 12.8. The Hall–Kier alpha value is -3.08. The van der Waals surface area contributed by atoms with Crippen LogP contribution >= 0.6 is 23.4 Å². The Morgan fingerprint density at radius 3 is 2.27 bits per heavy atom. The van der Waals surface area contributed by atoms with Gasteiger partial charge in [-0.25, -0.2) is 0 Å². The number of rotatable bonds is 6.